The lowest BCUT2D eigenvalue weighted by Crippen LogP contribution is -2.35. The average Bonchev–Trinajstić information content (AvgIpc) is 2.27. The SMILES string of the molecule is CC(C)Oc1ccc(C(C)(O)C(C)C(=O)O)cc1. The van der Waals surface area contributed by atoms with Crippen LogP contribution in [0.2, 0.25) is 0 Å². The lowest BCUT2D eigenvalue weighted by Gasteiger charge is -2.28. The van der Waals surface area contributed by atoms with E-state index in [4.69, 9.17) is 9.84 Å². The molecule has 0 spiro atoms. The molecule has 0 aliphatic rings. The predicted molar refractivity (Wildman–Crippen MR) is 68.6 cm³/mol. The lowest BCUT2D eigenvalue weighted by molar-refractivity contribution is -0.150. The van der Waals surface area contributed by atoms with Gasteiger partial charge in [-0.05, 0) is 45.4 Å². The van der Waals surface area contributed by atoms with E-state index in [2.05, 4.69) is 0 Å². The van der Waals surface area contributed by atoms with Crippen LogP contribution in [0.3, 0.4) is 0 Å². The Morgan fingerprint density at radius 1 is 1.22 bits per heavy atom. The summed E-state index contributed by atoms with van der Waals surface area (Å²) in [6.45, 7) is 6.85. The fourth-order valence-electron chi connectivity index (χ4n) is 1.63. The van der Waals surface area contributed by atoms with Crippen LogP contribution in [0.1, 0.15) is 33.3 Å². The number of ether oxygens (including phenoxy) is 1. The first-order valence-electron chi connectivity index (χ1n) is 5.97. The Morgan fingerprint density at radius 2 is 1.72 bits per heavy atom. The van der Waals surface area contributed by atoms with Gasteiger partial charge < -0.3 is 14.9 Å². The Balaban J connectivity index is 2.93. The van der Waals surface area contributed by atoms with Crippen LogP contribution < -0.4 is 4.74 Å². The van der Waals surface area contributed by atoms with Gasteiger partial charge in [0, 0.05) is 0 Å². The molecule has 1 aromatic rings. The second kappa shape index (κ2) is 5.40. The molecule has 0 amide bonds. The zero-order valence-corrected chi connectivity index (χ0v) is 11.2. The minimum absolute atomic E-state index is 0.0781. The Hall–Kier alpha value is -1.55. The van der Waals surface area contributed by atoms with Gasteiger partial charge in [-0.1, -0.05) is 12.1 Å². The van der Waals surface area contributed by atoms with Crippen LogP contribution in [0.4, 0.5) is 0 Å². The van der Waals surface area contributed by atoms with Crippen LogP contribution in [0.25, 0.3) is 0 Å². The molecule has 0 radical (unpaired) electrons. The Labute approximate surface area is 107 Å². The molecule has 4 heteroatoms. The smallest absolute Gasteiger partial charge is 0.309 e. The number of carboxylic acids is 1. The van der Waals surface area contributed by atoms with Crippen molar-refractivity contribution in [3.8, 4) is 5.75 Å². The molecule has 0 aliphatic heterocycles. The molecule has 0 saturated heterocycles. The summed E-state index contributed by atoms with van der Waals surface area (Å²) in [6.07, 6.45) is 0.0781. The Kier molecular flexibility index (Phi) is 4.35. The van der Waals surface area contributed by atoms with E-state index in [0.29, 0.717) is 11.3 Å². The number of aliphatic hydroxyl groups is 1. The third-order valence-corrected chi connectivity index (χ3v) is 3.02. The fraction of sp³-hybridized carbons (Fsp3) is 0.500. The van der Waals surface area contributed by atoms with E-state index in [1.54, 1.807) is 24.3 Å². The molecular formula is C14H20O4. The van der Waals surface area contributed by atoms with Gasteiger partial charge >= 0.3 is 5.97 Å². The monoisotopic (exact) mass is 252 g/mol. The maximum absolute atomic E-state index is 10.9. The van der Waals surface area contributed by atoms with Gasteiger partial charge in [-0.15, -0.1) is 0 Å². The van der Waals surface area contributed by atoms with Gasteiger partial charge in [0.25, 0.3) is 0 Å². The first kappa shape index (κ1) is 14.5. The zero-order chi connectivity index (χ0) is 13.9. The molecule has 0 heterocycles. The first-order chi connectivity index (χ1) is 8.25. The van der Waals surface area contributed by atoms with Crippen molar-refractivity contribution in [1.82, 2.24) is 0 Å². The minimum atomic E-state index is -1.40. The van der Waals surface area contributed by atoms with Gasteiger partial charge in [0.2, 0.25) is 0 Å². The highest BCUT2D eigenvalue weighted by molar-refractivity contribution is 5.71. The van der Waals surface area contributed by atoms with Crippen molar-refractivity contribution < 1.29 is 19.7 Å². The quantitative estimate of drug-likeness (QED) is 0.844. The fourth-order valence-corrected chi connectivity index (χ4v) is 1.63. The maximum Gasteiger partial charge on any atom is 0.309 e. The summed E-state index contributed by atoms with van der Waals surface area (Å²) in [7, 11) is 0. The van der Waals surface area contributed by atoms with Gasteiger partial charge in [0.05, 0.1) is 17.6 Å². The van der Waals surface area contributed by atoms with Gasteiger partial charge in [-0.25, -0.2) is 0 Å². The zero-order valence-electron chi connectivity index (χ0n) is 11.2. The highest BCUT2D eigenvalue weighted by Crippen LogP contribution is 2.30. The molecule has 2 unspecified atom stereocenters. The lowest BCUT2D eigenvalue weighted by atomic mass is 9.84. The van der Waals surface area contributed by atoms with Gasteiger partial charge in [-0.2, -0.15) is 0 Å². The van der Waals surface area contributed by atoms with E-state index in [0.717, 1.165) is 0 Å². The summed E-state index contributed by atoms with van der Waals surface area (Å²) >= 11 is 0. The molecule has 18 heavy (non-hydrogen) atoms. The third-order valence-electron chi connectivity index (χ3n) is 3.02. The van der Waals surface area contributed by atoms with Crippen LogP contribution in [-0.2, 0) is 10.4 Å². The highest BCUT2D eigenvalue weighted by Gasteiger charge is 2.35. The van der Waals surface area contributed by atoms with E-state index >= 15 is 0 Å². The summed E-state index contributed by atoms with van der Waals surface area (Å²) in [5, 5.41) is 19.2. The van der Waals surface area contributed by atoms with Crippen LogP contribution >= 0.6 is 0 Å². The van der Waals surface area contributed by atoms with Crippen LogP contribution in [0.15, 0.2) is 24.3 Å². The molecule has 100 valence electrons. The van der Waals surface area contributed by atoms with Crippen molar-refractivity contribution >= 4 is 5.97 Å². The summed E-state index contributed by atoms with van der Waals surface area (Å²) in [5.41, 5.74) is -0.837. The van der Waals surface area contributed by atoms with Crippen molar-refractivity contribution in [3.63, 3.8) is 0 Å². The van der Waals surface area contributed by atoms with Crippen LogP contribution in [0.5, 0.6) is 5.75 Å². The van der Waals surface area contributed by atoms with Gasteiger partial charge in [0.15, 0.2) is 0 Å². The van der Waals surface area contributed by atoms with Crippen molar-refractivity contribution in [1.29, 1.82) is 0 Å². The Bertz CT molecular complexity index is 406. The van der Waals surface area contributed by atoms with Crippen molar-refractivity contribution in [3.05, 3.63) is 29.8 Å². The number of benzene rings is 1. The van der Waals surface area contributed by atoms with E-state index < -0.39 is 17.5 Å². The molecule has 2 atom stereocenters. The third kappa shape index (κ3) is 3.23. The normalized spacial score (nSPS) is 16.1. The van der Waals surface area contributed by atoms with Crippen molar-refractivity contribution in [2.45, 2.75) is 39.4 Å². The molecule has 0 fully saturated rings. The molecule has 1 aromatic carbocycles. The molecule has 0 bridgehead atoms. The van der Waals surface area contributed by atoms with E-state index in [1.807, 2.05) is 13.8 Å². The molecule has 2 N–H and O–H groups in total. The number of carboxylic acid groups (broad SMARTS) is 1. The number of rotatable bonds is 5. The van der Waals surface area contributed by atoms with Crippen LogP contribution in [0, 0.1) is 5.92 Å². The molecule has 0 aliphatic carbocycles. The minimum Gasteiger partial charge on any atom is -0.491 e. The summed E-state index contributed by atoms with van der Waals surface area (Å²) < 4.78 is 5.49. The summed E-state index contributed by atoms with van der Waals surface area (Å²) in [5.74, 6) is -1.20. The number of carbonyl (C=O) groups is 1. The van der Waals surface area contributed by atoms with Gasteiger partial charge in [0.1, 0.15) is 5.75 Å². The second-order valence-electron chi connectivity index (χ2n) is 4.90. The van der Waals surface area contributed by atoms with Crippen molar-refractivity contribution in [2.75, 3.05) is 0 Å². The van der Waals surface area contributed by atoms with E-state index in [9.17, 15) is 9.90 Å². The molecule has 1 rings (SSSR count). The molecular weight excluding hydrogens is 232 g/mol. The largest absolute Gasteiger partial charge is 0.491 e. The maximum atomic E-state index is 10.9. The topological polar surface area (TPSA) is 66.8 Å². The highest BCUT2D eigenvalue weighted by atomic mass is 16.5. The van der Waals surface area contributed by atoms with Crippen molar-refractivity contribution in [2.24, 2.45) is 5.92 Å². The summed E-state index contributed by atoms with van der Waals surface area (Å²) in [6, 6.07) is 6.85. The summed E-state index contributed by atoms with van der Waals surface area (Å²) in [4.78, 5) is 10.9. The first-order valence-corrected chi connectivity index (χ1v) is 5.97. The number of aliphatic carboxylic acids is 1. The van der Waals surface area contributed by atoms with E-state index in [-0.39, 0.29) is 6.10 Å². The Morgan fingerprint density at radius 3 is 2.11 bits per heavy atom. The van der Waals surface area contributed by atoms with E-state index in [1.165, 1.54) is 13.8 Å². The molecule has 0 saturated carbocycles. The van der Waals surface area contributed by atoms with Gasteiger partial charge in [-0.3, -0.25) is 4.79 Å². The predicted octanol–water partition coefficient (Wildman–Crippen LogP) is 2.40. The molecule has 4 nitrogen and oxygen atoms in total. The number of hydrogen-bond donors (Lipinski definition) is 2. The average molecular weight is 252 g/mol. The second-order valence-corrected chi connectivity index (χ2v) is 4.90. The number of hydrogen-bond acceptors (Lipinski definition) is 3. The van der Waals surface area contributed by atoms with Crippen LogP contribution in [-0.4, -0.2) is 22.3 Å². The molecule has 0 aromatic heterocycles. The standard InChI is InChI=1S/C14H20O4/c1-9(2)18-12-7-5-11(6-8-12)14(4,17)10(3)13(15)16/h5-10,17H,1-4H3,(H,15,16).